The zero-order valence-electron chi connectivity index (χ0n) is 11.8. The van der Waals surface area contributed by atoms with Gasteiger partial charge in [0.2, 0.25) is 0 Å². The molecule has 1 N–H and O–H groups in total. The average molecular weight is 293 g/mol. The Bertz CT molecular complexity index is 589. The van der Waals surface area contributed by atoms with Gasteiger partial charge < -0.3 is 4.74 Å². The lowest BCUT2D eigenvalue weighted by Gasteiger charge is -2.05. The van der Waals surface area contributed by atoms with Gasteiger partial charge in [0, 0.05) is 26.0 Å². The van der Waals surface area contributed by atoms with Crippen LogP contribution in [0.1, 0.15) is 17.5 Å². The molecule has 0 saturated heterocycles. The Morgan fingerprint density at radius 2 is 2.10 bits per heavy atom. The second-order valence-corrected chi connectivity index (χ2v) is 5.53. The first-order chi connectivity index (χ1) is 9.70. The number of H-pyrrole nitrogens is 1. The molecule has 5 nitrogen and oxygen atoms in total. The van der Waals surface area contributed by atoms with Crippen molar-refractivity contribution >= 4 is 11.8 Å². The predicted molar refractivity (Wildman–Crippen MR) is 80.1 cm³/mol. The van der Waals surface area contributed by atoms with Crippen LogP contribution in [0.15, 0.2) is 34.2 Å². The third-order valence-electron chi connectivity index (χ3n) is 2.94. The van der Waals surface area contributed by atoms with E-state index in [2.05, 4.69) is 41.4 Å². The summed E-state index contributed by atoms with van der Waals surface area (Å²) in [4.78, 5) is 11.7. The minimum absolute atomic E-state index is 0.160. The van der Waals surface area contributed by atoms with Crippen molar-refractivity contribution in [2.75, 3.05) is 13.7 Å². The molecule has 2 aromatic rings. The Morgan fingerprint density at radius 3 is 2.80 bits per heavy atom. The lowest BCUT2D eigenvalue weighted by atomic mass is 10.2. The van der Waals surface area contributed by atoms with Crippen molar-refractivity contribution in [1.29, 1.82) is 0 Å². The van der Waals surface area contributed by atoms with Crippen molar-refractivity contribution in [2.45, 2.75) is 30.8 Å². The second-order valence-electron chi connectivity index (χ2n) is 4.58. The Labute approximate surface area is 122 Å². The first-order valence-corrected chi connectivity index (χ1v) is 7.52. The average Bonchev–Trinajstić information content (AvgIpc) is 2.80. The summed E-state index contributed by atoms with van der Waals surface area (Å²) in [6, 6.07) is 8.38. The van der Waals surface area contributed by atoms with Gasteiger partial charge >= 0.3 is 5.69 Å². The normalized spacial score (nSPS) is 10.9. The largest absolute Gasteiger partial charge is 0.385 e. The van der Waals surface area contributed by atoms with Crippen LogP contribution in [0.2, 0.25) is 0 Å². The van der Waals surface area contributed by atoms with Crippen molar-refractivity contribution in [1.82, 2.24) is 14.8 Å². The van der Waals surface area contributed by atoms with E-state index in [1.165, 1.54) is 11.1 Å². The van der Waals surface area contributed by atoms with Gasteiger partial charge in [0.05, 0.1) is 0 Å². The molecule has 1 aromatic heterocycles. The van der Waals surface area contributed by atoms with E-state index in [-0.39, 0.29) is 5.69 Å². The number of benzene rings is 1. The number of ether oxygens (including phenoxy) is 1. The van der Waals surface area contributed by atoms with Crippen LogP contribution < -0.4 is 5.69 Å². The molecule has 0 spiro atoms. The lowest BCUT2D eigenvalue weighted by molar-refractivity contribution is 0.189. The Morgan fingerprint density at radius 1 is 1.35 bits per heavy atom. The number of aromatic nitrogens is 3. The standard InChI is InChI=1S/C14H19N3O2S/c1-11-4-6-12(7-5-11)10-20-14-16-15-13(18)17(14)8-3-9-19-2/h4-7H,3,8-10H2,1-2H3,(H,15,18). The summed E-state index contributed by atoms with van der Waals surface area (Å²) >= 11 is 1.56. The van der Waals surface area contributed by atoms with E-state index in [4.69, 9.17) is 4.74 Å². The third-order valence-corrected chi connectivity index (χ3v) is 3.99. The number of nitrogens with zero attached hydrogens (tertiary/aromatic N) is 2. The summed E-state index contributed by atoms with van der Waals surface area (Å²) in [6.45, 7) is 3.33. The minimum atomic E-state index is -0.160. The number of rotatable bonds is 7. The number of aryl methyl sites for hydroxylation is 1. The lowest BCUT2D eigenvalue weighted by Crippen LogP contribution is -2.18. The molecule has 0 aliphatic rings. The van der Waals surface area contributed by atoms with Crippen LogP contribution in [0, 0.1) is 6.92 Å². The Balaban J connectivity index is 1.98. The minimum Gasteiger partial charge on any atom is -0.385 e. The highest BCUT2D eigenvalue weighted by Crippen LogP contribution is 2.20. The van der Waals surface area contributed by atoms with Gasteiger partial charge in [-0.05, 0) is 18.9 Å². The maximum atomic E-state index is 11.7. The number of aromatic amines is 1. The van der Waals surface area contributed by atoms with Gasteiger partial charge in [-0.15, -0.1) is 5.10 Å². The van der Waals surface area contributed by atoms with Gasteiger partial charge in [0.25, 0.3) is 0 Å². The molecular formula is C14H19N3O2S. The van der Waals surface area contributed by atoms with E-state index in [0.29, 0.717) is 13.2 Å². The number of methoxy groups -OCH3 is 1. The Hall–Kier alpha value is -1.53. The molecule has 0 fully saturated rings. The van der Waals surface area contributed by atoms with Gasteiger partial charge in [0.1, 0.15) is 0 Å². The topological polar surface area (TPSA) is 59.9 Å². The van der Waals surface area contributed by atoms with E-state index in [1.54, 1.807) is 23.4 Å². The fourth-order valence-corrected chi connectivity index (χ4v) is 2.74. The number of hydrogen-bond donors (Lipinski definition) is 1. The van der Waals surface area contributed by atoms with Crippen LogP contribution in [0.25, 0.3) is 0 Å². The van der Waals surface area contributed by atoms with E-state index < -0.39 is 0 Å². The molecule has 0 bridgehead atoms. The van der Waals surface area contributed by atoms with E-state index >= 15 is 0 Å². The molecule has 0 saturated carbocycles. The number of thioether (sulfide) groups is 1. The molecule has 0 atom stereocenters. The second kappa shape index (κ2) is 7.31. The van der Waals surface area contributed by atoms with E-state index in [0.717, 1.165) is 17.3 Å². The molecule has 108 valence electrons. The quantitative estimate of drug-likeness (QED) is 0.628. The SMILES string of the molecule is COCCCn1c(SCc2ccc(C)cc2)n[nH]c1=O. The van der Waals surface area contributed by atoms with Crippen LogP contribution >= 0.6 is 11.8 Å². The summed E-state index contributed by atoms with van der Waals surface area (Å²) in [5.74, 6) is 0.800. The van der Waals surface area contributed by atoms with Gasteiger partial charge in [-0.1, -0.05) is 41.6 Å². The summed E-state index contributed by atoms with van der Waals surface area (Å²) in [7, 11) is 1.66. The molecule has 0 radical (unpaired) electrons. The zero-order chi connectivity index (χ0) is 14.4. The molecule has 0 amide bonds. The first-order valence-electron chi connectivity index (χ1n) is 6.53. The van der Waals surface area contributed by atoms with E-state index in [9.17, 15) is 4.79 Å². The summed E-state index contributed by atoms with van der Waals surface area (Å²) in [5, 5.41) is 7.31. The van der Waals surface area contributed by atoms with Crippen LogP contribution in [0.5, 0.6) is 0 Å². The molecule has 20 heavy (non-hydrogen) atoms. The van der Waals surface area contributed by atoms with Gasteiger partial charge in [-0.2, -0.15) is 0 Å². The molecule has 0 unspecified atom stereocenters. The van der Waals surface area contributed by atoms with E-state index in [1.807, 2.05) is 0 Å². The number of nitrogens with one attached hydrogen (secondary N) is 1. The monoisotopic (exact) mass is 293 g/mol. The highest BCUT2D eigenvalue weighted by Gasteiger charge is 2.08. The maximum Gasteiger partial charge on any atom is 0.343 e. The van der Waals surface area contributed by atoms with Crippen molar-refractivity contribution < 1.29 is 4.74 Å². The molecule has 6 heteroatoms. The third kappa shape index (κ3) is 3.98. The van der Waals surface area contributed by atoms with Crippen LogP contribution in [-0.2, 0) is 17.0 Å². The van der Waals surface area contributed by atoms with Gasteiger partial charge in [0.15, 0.2) is 5.16 Å². The predicted octanol–water partition coefficient (Wildman–Crippen LogP) is 2.21. The van der Waals surface area contributed by atoms with Crippen LogP contribution in [-0.4, -0.2) is 28.5 Å². The molecule has 0 aliphatic heterocycles. The maximum absolute atomic E-state index is 11.7. The highest BCUT2D eigenvalue weighted by atomic mass is 32.2. The highest BCUT2D eigenvalue weighted by molar-refractivity contribution is 7.98. The summed E-state index contributed by atoms with van der Waals surface area (Å²) in [6.07, 6.45) is 0.800. The zero-order valence-corrected chi connectivity index (χ0v) is 12.6. The molecule has 2 rings (SSSR count). The van der Waals surface area contributed by atoms with Crippen molar-refractivity contribution in [3.05, 3.63) is 45.9 Å². The molecule has 0 aliphatic carbocycles. The summed E-state index contributed by atoms with van der Waals surface area (Å²) in [5.41, 5.74) is 2.31. The molecule has 1 aromatic carbocycles. The van der Waals surface area contributed by atoms with Crippen LogP contribution in [0.4, 0.5) is 0 Å². The summed E-state index contributed by atoms with van der Waals surface area (Å²) < 4.78 is 6.67. The smallest absolute Gasteiger partial charge is 0.343 e. The molecular weight excluding hydrogens is 274 g/mol. The molecule has 1 heterocycles. The van der Waals surface area contributed by atoms with Crippen LogP contribution in [0.3, 0.4) is 0 Å². The fourth-order valence-electron chi connectivity index (χ4n) is 1.81. The Kier molecular flexibility index (Phi) is 5.43. The van der Waals surface area contributed by atoms with Gasteiger partial charge in [-0.25, -0.2) is 9.89 Å². The fraction of sp³-hybridized carbons (Fsp3) is 0.429. The van der Waals surface area contributed by atoms with Crippen molar-refractivity contribution in [3.8, 4) is 0 Å². The first kappa shape index (κ1) is 14.9. The van der Waals surface area contributed by atoms with Crippen molar-refractivity contribution in [3.63, 3.8) is 0 Å². The van der Waals surface area contributed by atoms with Gasteiger partial charge in [-0.3, -0.25) is 4.57 Å². The van der Waals surface area contributed by atoms with Crippen molar-refractivity contribution in [2.24, 2.45) is 0 Å². The number of hydrogen-bond acceptors (Lipinski definition) is 4.